The van der Waals surface area contributed by atoms with Gasteiger partial charge < -0.3 is 4.74 Å². The van der Waals surface area contributed by atoms with Gasteiger partial charge in [-0.3, -0.25) is 5.84 Å². The third kappa shape index (κ3) is 4.82. The van der Waals surface area contributed by atoms with Gasteiger partial charge in [0.15, 0.2) is 0 Å². The Labute approximate surface area is 75.2 Å². The summed E-state index contributed by atoms with van der Waals surface area (Å²) in [5.74, 6) is 4.85. The number of rotatable bonds is 5. The van der Waals surface area contributed by atoms with E-state index in [1.165, 1.54) is 0 Å². The Morgan fingerprint density at radius 1 is 1.58 bits per heavy atom. The van der Waals surface area contributed by atoms with Crippen molar-refractivity contribution < 1.29 is 13.5 Å². The van der Waals surface area contributed by atoms with E-state index >= 15 is 0 Å². The molecule has 74 valence electrons. The van der Waals surface area contributed by atoms with Gasteiger partial charge in [0.1, 0.15) is 6.04 Å². The van der Waals surface area contributed by atoms with Crippen LogP contribution in [0.2, 0.25) is 0 Å². The minimum atomic E-state index is -3.39. The highest BCUT2D eigenvalue weighted by Crippen LogP contribution is 2.23. The lowest BCUT2D eigenvalue weighted by Crippen LogP contribution is -2.48. The minimum Gasteiger partial charge on any atom is -0.377 e. The molecule has 0 aromatic rings. The van der Waals surface area contributed by atoms with Crippen molar-refractivity contribution in [3.8, 4) is 0 Å². The third-order valence-electron chi connectivity index (χ3n) is 1.19. The van der Waals surface area contributed by atoms with E-state index in [-0.39, 0.29) is 12.7 Å². The topological polar surface area (TPSA) is 47.3 Å². The largest absolute Gasteiger partial charge is 0.377 e. The van der Waals surface area contributed by atoms with Gasteiger partial charge in [-0.1, -0.05) is 0 Å². The second-order valence-corrected chi connectivity index (χ2v) is 3.15. The summed E-state index contributed by atoms with van der Waals surface area (Å²) in [6.07, 6.45) is -0.125. The molecule has 0 rings (SSSR count). The molecule has 3 nitrogen and oxygen atoms in total. The first kappa shape index (κ1) is 12.0. The molecule has 0 saturated heterocycles. The molecule has 0 spiro atoms. The predicted octanol–water partition coefficient (Wildman–Crippen LogP) is 1.07. The van der Waals surface area contributed by atoms with Gasteiger partial charge in [-0.25, -0.2) is 5.43 Å². The first-order valence-electron chi connectivity index (χ1n) is 3.52. The standard InChI is InChI=1S/C6H13ClF2N2O/c1-4(2)12-3-5(11-10)6(7,8)9/h4-5,11H,3,10H2,1-2H3. The first-order valence-corrected chi connectivity index (χ1v) is 3.90. The molecule has 3 N–H and O–H groups in total. The molecule has 0 fully saturated rings. The molecule has 0 aromatic carbocycles. The Morgan fingerprint density at radius 3 is 2.33 bits per heavy atom. The van der Waals surface area contributed by atoms with Crippen LogP contribution < -0.4 is 11.3 Å². The lowest BCUT2D eigenvalue weighted by molar-refractivity contribution is -0.0158. The quantitative estimate of drug-likeness (QED) is 0.398. The molecule has 0 aromatic heterocycles. The third-order valence-corrected chi connectivity index (χ3v) is 1.46. The van der Waals surface area contributed by atoms with E-state index in [2.05, 4.69) is 0 Å². The lowest BCUT2D eigenvalue weighted by Gasteiger charge is -2.21. The van der Waals surface area contributed by atoms with Crippen LogP contribution in [-0.4, -0.2) is 24.1 Å². The monoisotopic (exact) mass is 202 g/mol. The Bertz CT molecular complexity index is 129. The van der Waals surface area contributed by atoms with Crippen LogP contribution in [0.25, 0.3) is 0 Å². The van der Waals surface area contributed by atoms with Crippen LogP contribution >= 0.6 is 11.6 Å². The van der Waals surface area contributed by atoms with E-state index in [1.54, 1.807) is 13.8 Å². The molecule has 0 aliphatic carbocycles. The molecule has 0 aliphatic rings. The predicted molar refractivity (Wildman–Crippen MR) is 43.0 cm³/mol. The van der Waals surface area contributed by atoms with E-state index in [9.17, 15) is 8.78 Å². The van der Waals surface area contributed by atoms with Gasteiger partial charge in [-0.05, 0) is 25.4 Å². The summed E-state index contributed by atoms with van der Waals surface area (Å²) in [6, 6.07) is -1.36. The lowest BCUT2D eigenvalue weighted by atomic mass is 10.3. The Balaban J connectivity index is 3.84. The number of nitrogens with one attached hydrogen (secondary N) is 1. The summed E-state index contributed by atoms with van der Waals surface area (Å²) in [6.45, 7) is 3.25. The highest BCUT2D eigenvalue weighted by Gasteiger charge is 2.36. The van der Waals surface area contributed by atoms with Gasteiger partial charge in [0.05, 0.1) is 12.7 Å². The van der Waals surface area contributed by atoms with Crippen LogP contribution in [0.5, 0.6) is 0 Å². The number of alkyl halides is 3. The van der Waals surface area contributed by atoms with Crippen molar-refractivity contribution in [3.05, 3.63) is 0 Å². The van der Waals surface area contributed by atoms with Gasteiger partial charge >= 0.3 is 5.38 Å². The van der Waals surface area contributed by atoms with Crippen molar-refractivity contribution in [2.75, 3.05) is 6.61 Å². The highest BCUT2D eigenvalue weighted by molar-refractivity contribution is 6.22. The number of hydrazine groups is 1. The van der Waals surface area contributed by atoms with Crippen LogP contribution in [0.4, 0.5) is 8.78 Å². The van der Waals surface area contributed by atoms with Crippen LogP contribution in [0.3, 0.4) is 0 Å². The van der Waals surface area contributed by atoms with Crippen molar-refractivity contribution in [1.29, 1.82) is 0 Å². The van der Waals surface area contributed by atoms with Gasteiger partial charge in [0, 0.05) is 0 Å². The molecule has 1 unspecified atom stereocenters. The summed E-state index contributed by atoms with van der Waals surface area (Å²) >= 11 is 4.73. The SMILES string of the molecule is CC(C)OCC(NN)C(F)(F)Cl. The molecule has 0 aliphatic heterocycles. The Hall–Kier alpha value is 0.0300. The van der Waals surface area contributed by atoms with Crippen molar-refractivity contribution in [2.24, 2.45) is 5.84 Å². The van der Waals surface area contributed by atoms with E-state index in [4.69, 9.17) is 22.2 Å². The maximum atomic E-state index is 12.4. The van der Waals surface area contributed by atoms with Crippen LogP contribution in [-0.2, 0) is 4.74 Å². The number of nitrogens with two attached hydrogens (primary N) is 1. The minimum absolute atomic E-state index is 0.125. The van der Waals surface area contributed by atoms with Crippen LogP contribution in [0, 0.1) is 0 Å². The first-order chi connectivity index (χ1) is 5.38. The van der Waals surface area contributed by atoms with Gasteiger partial charge in [0.25, 0.3) is 0 Å². The summed E-state index contributed by atoms with van der Waals surface area (Å²) in [5, 5.41) is -3.39. The van der Waals surface area contributed by atoms with Crippen molar-refractivity contribution in [1.82, 2.24) is 5.43 Å². The molecule has 0 heterocycles. The normalized spacial score (nSPS) is 15.2. The number of hydrogen-bond acceptors (Lipinski definition) is 3. The molecule has 0 bridgehead atoms. The highest BCUT2D eigenvalue weighted by atomic mass is 35.5. The van der Waals surface area contributed by atoms with E-state index in [0.717, 1.165) is 0 Å². The molecule has 12 heavy (non-hydrogen) atoms. The summed E-state index contributed by atoms with van der Waals surface area (Å²) in [5.41, 5.74) is 1.89. The molecule has 0 saturated carbocycles. The zero-order chi connectivity index (χ0) is 9.78. The molecule has 1 atom stereocenters. The van der Waals surface area contributed by atoms with E-state index in [1.807, 2.05) is 5.43 Å². The molecule has 0 amide bonds. The summed E-state index contributed by atoms with van der Waals surface area (Å²) in [4.78, 5) is 0. The second kappa shape index (κ2) is 4.91. The van der Waals surface area contributed by atoms with E-state index in [0.29, 0.717) is 0 Å². The fourth-order valence-corrected chi connectivity index (χ4v) is 0.652. The smallest absolute Gasteiger partial charge is 0.340 e. The number of halogens is 3. The maximum Gasteiger partial charge on any atom is 0.340 e. The summed E-state index contributed by atoms with van der Waals surface area (Å²) in [7, 11) is 0. The van der Waals surface area contributed by atoms with Crippen LogP contribution in [0.15, 0.2) is 0 Å². The van der Waals surface area contributed by atoms with Crippen LogP contribution in [0.1, 0.15) is 13.8 Å². The fourth-order valence-electron chi connectivity index (χ4n) is 0.526. The number of hydrogen-bond donors (Lipinski definition) is 2. The molecular weight excluding hydrogens is 190 g/mol. The molecule has 0 radical (unpaired) electrons. The zero-order valence-corrected chi connectivity index (χ0v) is 7.74. The van der Waals surface area contributed by atoms with Gasteiger partial charge in [-0.15, -0.1) is 0 Å². The zero-order valence-electron chi connectivity index (χ0n) is 6.98. The van der Waals surface area contributed by atoms with E-state index < -0.39 is 11.4 Å². The maximum absolute atomic E-state index is 12.4. The summed E-state index contributed by atoms with van der Waals surface area (Å²) < 4.78 is 29.7. The molecule has 6 heteroatoms. The van der Waals surface area contributed by atoms with Crippen molar-refractivity contribution in [3.63, 3.8) is 0 Å². The van der Waals surface area contributed by atoms with Crippen molar-refractivity contribution >= 4 is 11.6 Å². The van der Waals surface area contributed by atoms with Gasteiger partial charge in [0.2, 0.25) is 0 Å². The average Bonchev–Trinajstić information content (AvgIpc) is 1.85. The second-order valence-electron chi connectivity index (χ2n) is 2.64. The molecular formula is C6H13ClF2N2O. The Morgan fingerprint density at radius 2 is 2.08 bits per heavy atom. The number of ether oxygens (including phenoxy) is 1. The Kier molecular flexibility index (Phi) is 4.92. The average molecular weight is 203 g/mol. The van der Waals surface area contributed by atoms with Crippen molar-refractivity contribution in [2.45, 2.75) is 31.4 Å². The fraction of sp³-hybridized carbons (Fsp3) is 1.00. The van der Waals surface area contributed by atoms with Gasteiger partial charge in [-0.2, -0.15) is 8.78 Å².